The van der Waals surface area contributed by atoms with Gasteiger partial charge in [-0.1, -0.05) is 15.9 Å². The summed E-state index contributed by atoms with van der Waals surface area (Å²) in [5, 5.41) is 27.8. The summed E-state index contributed by atoms with van der Waals surface area (Å²) in [4.78, 5) is 0. The minimum atomic E-state index is 0.139. The first kappa shape index (κ1) is 14.4. The Kier molecular flexibility index (Phi) is 9.51. The van der Waals surface area contributed by atoms with Crippen LogP contribution < -0.4 is 5.32 Å². The Morgan fingerprint density at radius 3 is 1.80 bits per heavy atom. The van der Waals surface area contributed by atoms with E-state index in [4.69, 9.17) is 15.3 Å². The number of phenols is 1. The van der Waals surface area contributed by atoms with E-state index < -0.39 is 0 Å². The molecule has 0 radical (unpaired) electrons. The molecule has 0 aliphatic rings. The van der Waals surface area contributed by atoms with Gasteiger partial charge >= 0.3 is 0 Å². The van der Waals surface area contributed by atoms with Crippen LogP contribution in [0.15, 0.2) is 28.7 Å². The molecule has 0 aliphatic heterocycles. The van der Waals surface area contributed by atoms with Gasteiger partial charge in [0.15, 0.2) is 0 Å². The van der Waals surface area contributed by atoms with Gasteiger partial charge in [-0.15, -0.1) is 0 Å². The molecule has 4 N–H and O–H groups in total. The van der Waals surface area contributed by atoms with E-state index in [-0.39, 0.29) is 13.2 Å². The molecule has 0 aromatic heterocycles. The van der Waals surface area contributed by atoms with Crippen molar-refractivity contribution in [1.29, 1.82) is 0 Å². The Hall–Kier alpha value is -0.620. The maximum atomic E-state index is 8.74. The lowest BCUT2D eigenvalue weighted by atomic mass is 10.3. The van der Waals surface area contributed by atoms with Crippen LogP contribution in [0.5, 0.6) is 5.75 Å². The number of aliphatic hydroxyl groups is 2. The Labute approximate surface area is 97.7 Å². The van der Waals surface area contributed by atoms with Crippen molar-refractivity contribution in [3.8, 4) is 5.75 Å². The zero-order valence-electron chi connectivity index (χ0n) is 8.36. The molecule has 0 bridgehead atoms. The second-order valence-corrected chi connectivity index (χ2v) is 3.59. The fourth-order valence-corrected chi connectivity index (χ4v) is 0.989. The van der Waals surface area contributed by atoms with Crippen molar-refractivity contribution in [2.75, 3.05) is 26.3 Å². The minimum Gasteiger partial charge on any atom is -0.508 e. The molecule has 0 saturated carbocycles. The Morgan fingerprint density at radius 1 is 1.00 bits per heavy atom. The van der Waals surface area contributed by atoms with Crippen molar-refractivity contribution in [3.05, 3.63) is 28.7 Å². The van der Waals surface area contributed by atoms with Gasteiger partial charge in [0.1, 0.15) is 5.75 Å². The molecule has 5 heteroatoms. The first-order valence-corrected chi connectivity index (χ1v) is 5.37. The second-order valence-electron chi connectivity index (χ2n) is 2.67. The predicted octanol–water partition coefficient (Wildman–Crippen LogP) is 0.715. The van der Waals surface area contributed by atoms with Crippen LogP contribution in [0.3, 0.4) is 0 Å². The summed E-state index contributed by atoms with van der Waals surface area (Å²) in [6.45, 7) is 1.42. The average Bonchev–Trinajstić information content (AvgIpc) is 2.24. The van der Waals surface area contributed by atoms with Crippen LogP contribution in [-0.4, -0.2) is 41.6 Å². The number of hydrogen-bond acceptors (Lipinski definition) is 4. The van der Waals surface area contributed by atoms with E-state index in [0.717, 1.165) is 4.47 Å². The number of halogens is 1. The number of rotatable bonds is 4. The van der Waals surface area contributed by atoms with Gasteiger partial charge in [0, 0.05) is 17.6 Å². The van der Waals surface area contributed by atoms with Crippen LogP contribution in [0.25, 0.3) is 0 Å². The lowest BCUT2D eigenvalue weighted by Gasteiger charge is -1.94. The Balaban J connectivity index is 0.000000265. The molecule has 0 fully saturated rings. The van der Waals surface area contributed by atoms with E-state index in [9.17, 15) is 0 Å². The molecular formula is C10H16BrNO3. The largest absolute Gasteiger partial charge is 0.508 e. The van der Waals surface area contributed by atoms with Gasteiger partial charge in [-0.25, -0.2) is 0 Å². The van der Waals surface area contributed by atoms with E-state index in [0.29, 0.717) is 18.8 Å². The monoisotopic (exact) mass is 277 g/mol. The molecule has 0 saturated heterocycles. The Bertz CT molecular complexity index is 216. The summed E-state index contributed by atoms with van der Waals surface area (Å²) in [5.74, 6) is 0.299. The van der Waals surface area contributed by atoms with Gasteiger partial charge in [0.2, 0.25) is 0 Å². The van der Waals surface area contributed by atoms with Crippen molar-refractivity contribution in [1.82, 2.24) is 5.32 Å². The van der Waals surface area contributed by atoms with Crippen molar-refractivity contribution < 1.29 is 15.3 Å². The highest BCUT2D eigenvalue weighted by Crippen LogP contribution is 2.13. The smallest absolute Gasteiger partial charge is 0.115 e. The number of aromatic hydroxyl groups is 1. The third-order valence-electron chi connectivity index (χ3n) is 1.40. The van der Waals surface area contributed by atoms with Crippen molar-refractivity contribution in [3.63, 3.8) is 0 Å². The summed E-state index contributed by atoms with van der Waals surface area (Å²) in [6.07, 6.45) is 0. The molecule has 0 atom stereocenters. The topological polar surface area (TPSA) is 72.7 Å². The third-order valence-corrected chi connectivity index (χ3v) is 1.93. The average molecular weight is 278 g/mol. The molecular weight excluding hydrogens is 262 g/mol. The van der Waals surface area contributed by atoms with Crippen molar-refractivity contribution >= 4 is 15.9 Å². The second kappa shape index (κ2) is 9.92. The van der Waals surface area contributed by atoms with Gasteiger partial charge in [-0.05, 0) is 24.3 Å². The SMILES string of the molecule is OCCNCCO.Oc1ccc(Br)cc1. The van der Waals surface area contributed by atoms with Crippen molar-refractivity contribution in [2.24, 2.45) is 0 Å². The molecule has 0 heterocycles. The van der Waals surface area contributed by atoms with Crippen LogP contribution >= 0.6 is 15.9 Å². The molecule has 0 amide bonds. The molecule has 1 aromatic carbocycles. The van der Waals surface area contributed by atoms with Crippen LogP contribution in [0.4, 0.5) is 0 Å². The standard InChI is InChI=1S/C6H5BrO.C4H11NO2/c7-5-1-3-6(8)4-2-5;6-3-1-5-2-4-7/h1-4,8H;5-7H,1-4H2. The van der Waals surface area contributed by atoms with Gasteiger partial charge in [-0.2, -0.15) is 0 Å². The number of nitrogens with one attached hydrogen (secondary N) is 1. The first-order valence-electron chi connectivity index (χ1n) is 4.57. The zero-order chi connectivity index (χ0) is 11.5. The minimum absolute atomic E-state index is 0.139. The quantitative estimate of drug-likeness (QED) is 0.612. The van der Waals surface area contributed by atoms with E-state index in [1.807, 2.05) is 0 Å². The summed E-state index contributed by atoms with van der Waals surface area (Å²) >= 11 is 3.23. The van der Waals surface area contributed by atoms with Crippen LogP contribution in [-0.2, 0) is 0 Å². The summed E-state index contributed by atoms with van der Waals surface area (Å²) in [6, 6.07) is 6.83. The van der Waals surface area contributed by atoms with E-state index in [2.05, 4.69) is 21.2 Å². The van der Waals surface area contributed by atoms with E-state index >= 15 is 0 Å². The maximum absolute atomic E-state index is 8.74. The molecule has 1 aromatic rings. The van der Waals surface area contributed by atoms with E-state index in [1.54, 1.807) is 24.3 Å². The highest BCUT2D eigenvalue weighted by molar-refractivity contribution is 9.10. The Morgan fingerprint density at radius 2 is 1.47 bits per heavy atom. The third kappa shape index (κ3) is 9.68. The number of benzene rings is 1. The number of hydrogen-bond donors (Lipinski definition) is 4. The predicted molar refractivity (Wildman–Crippen MR) is 62.8 cm³/mol. The van der Waals surface area contributed by atoms with Gasteiger partial charge in [-0.3, -0.25) is 0 Å². The van der Waals surface area contributed by atoms with E-state index in [1.165, 1.54) is 0 Å². The lowest BCUT2D eigenvalue weighted by molar-refractivity contribution is 0.266. The molecule has 1 rings (SSSR count). The normalized spacial score (nSPS) is 9.27. The molecule has 4 nitrogen and oxygen atoms in total. The molecule has 86 valence electrons. The van der Waals surface area contributed by atoms with Crippen LogP contribution in [0.2, 0.25) is 0 Å². The summed E-state index contributed by atoms with van der Waals surface area (Å²) in [5.41, 5.74) is 0. The molecule has 15 heavy (non-hydrogen) atoms. The maximum Gasteiger partial charge on any atom is 0.115 e. The van der Waals surface area contributed by atoms with Crippen LogP contribution in [0, 0.1) is 0 Å². The highest BCUT2D eigenvalue weighted by Gasteiger charge is 1.83. The van der Waals surface area contributed by atoms with Gasteiger partial charge < -0.3 is 20.6 Å². The number of aliphatic hydroxyl groups excluding tert-OH is 2. The summed E-state index contributed by atoms with van der Waals surface area (Å²) in [7, 11) is 0. The van der Waals surface area contributed by atoms with Crippen LogP contribution in [0.1, 0.15) is 0 Å². The lowest BCUT2D eigenvalue weighted by Crippen LogP contribution is -2.21. The molecule has 0 aliphatic carbocycles. The first-order chi connectivity index (χ1) is 7.20. The summed E-state index contributed by atoms with van der Waals surface area (Å²) < 4.78 is 0.982. The van der Waals surface area contributed by atoms with Gasteiger partial charge in [0.25, 0.3) is 0 Å². The van der Waals surface area contributed by atoms with Crippen molar-refractivity contribution in [2.45, 2.75) is 0 Å². The number of phenolic OH excluding ortho intramolecular Hbond substituents is 1. The molecule has 0 unspecified atom stereocenters. The fraction of sp³-hybridized carbons (Fsp3) is 0.400. The highest BCUT2D eigenvalue weighted by atomic mass is 79.9. The molecule has 0 spiro atoms. The fourth-order valence-electron chi connectivity index (χ4n) is 0.724. The van der Waals surface area contributed by atoms with Gasteiger partial charge in [0.05, 0.1) is 13.2 Å². The zero-order valence-corrected chi connectivity index (χ0v) is 9.94.